The Kier molecular flexibility index (Phi) is 22.6. The topological polar surface area (TPSA) is 269 Å². The van der Waals surface area contributed by atoms with Gasteiger partial charge in [0.05, 0.1) is 49.8 Å². The summed E-state index contributed by atoms with van der Waals surface area (Å²) in [7, 11) is -8.59. The van der Waals surface area contributed by atoms with Gasteiger partial charge in [0.1, 0.15) is 12.1 Å². The first kappa shape index (κ1) is 53.2. The summed E-state index contributed by atoms with van der Waals surface area (Å²) in [5, 5.41) is 4.66. The zero-order chi connectivity index (χ0) is 44.4. The molecule has 0 saturated carbocycles. The van der Waals surface area contributed by atoms with Crippen LogP contribution in [-0.2, 0) is 76.2 Å². The maximum atomic E-state index is 12.7. The Labute approximate surface area is 336 Å². The molecular weight excluding hydrogens is 801 g/mol. The van der Waals surface area contributed by atoms with Gasteiger partial charge in [0, 0.05) is 13.8 Å². The highest BCUT2D eigenvalue weighted by molar-refractivity contribution is 7.87. The molecule has 2 N–H and O–H groups in total. The van der Waals surface area contributed by atoms with Crippen LogP contribution in [-0.4, -0.2) is 115 Å². The van der Waals surface area contributed by atoms with Gasteiger partial charge in [-0.2, -0.15) is 16.8 Å². The summed E-state index contributed by atoms with van der Waals surface area (Å²) in [5.41, 5.74) is -2.14. The van der Waals surface area contributed by atoms with Crippen molar-refractivity contribution in [1.82, 2.24) is 10.6 Å². The van der Waals surface area contributed by atoms with E-state index in [1.165, 1.54) is 13.8 Å². The molecule has 2 amide bonds. The van der Waals surface area contributed by atoms with Crippen LogP contribution < -0.4 is 10.6 Å². The van der Waals surface area contributed by atoms with E-state index in [0.29, 0.717) is 0 Å². The highest BCUT2D eigenvalue weighted by Crippen LogP contribution is 2.26. The first-order chi connectivity index (χ1) is 26.0. The summed E-state index contributed by atoms with van der Waals surface area (Å²) < 4.78 is 91.2. The lowest BCUT2D eigenvalue weighted by molar-refractivity contribution is -0.170. The van der Waals surface area contributed by atoms with Gasteiger partial charge in [0.25, 0.3) is 20.2 Å². The second kappa shape index (κ2) is 24.2. The van der Waals surface area contributed by atoms with Gasteiger partial charge in [0.2, 0.25) is 12.6 Å². The monoisotopic (exact) mass is 862 g/mol. The molecule has 0 spiro atoms. The van der Waals surface area contributed by atoms with Crippen molar-refractivity contribution in [2.45, 2.75) is 127 Å². The van der Waals surface area contributed by atoms with Gasteiger partial charge in [-0.25, -0.2) is 19.2 Å². The SMILES string of the molecule is CCOC(=O)[C@@H](CC(C)(C)COS(=O)(=O)CCCS(=O)(=O)OCC(C)(C)C[C@@H](NC(=O)OC(C)OC(=O)C(C)C)C(=O)OCC)NC(=O)OC(C)OC(=O)C(C)C. The van der Waals surface area contributed by atoms with Crippen molar-refractivity contribution in [2.75, 3.05) is 37.9 Å². The average molecular weight is 863 g/mol. The molecule has 0 aliphatic heterocycles. The highest BCUT2D eigenvalue weighted by Gasteiger charge is 2.35. The fraction of sp³-hybridized carbons (Fsp3) is 0.829. The van der Waals surface area contributed by atoms with E-state index in [2.05, 4.69) is 10.6 Å². The van der Waals surface area contributed by atoms with Crippen molar-refractivity contribution in [3.05, 3.63) is 0 Å². The molecule has 2 unspecified atom stereocenters. The number of carbonyl (C=O) groups excluding carboxylic acids is 6. The highest BCUT2D eigenvalue weighted by atomic mass is 32.2. The Morgan fingerprint density at radius 1 is 0.526 bits per heavy atom. The number of rotatable bonds is 26. The summed E-state index contributed by atoms with van der Waals surface area (Å²) in [6.07, 6.45) is -5.49. The van der Waals surface area contributed by atoms with Crippen LogP contribution >= 0.6 is 0 Å². The van der Waals surface area contributed by atoms with Crippen LogP contribution in [0.2, 0.25) is 0 Å². The zero-order valence-electron chi connectivity index (χ0n) is 35.0. The number of hydrogen-bond acceptors (Lipinski definition) is 18. The van der Waals surface area contributed by atoms with E-state index in [0.717, 1.165) is 0 Å². The molecule has 20 nitrogen and oxygen atoms in total. The second-order valence-corrected chi connectivity index (χ2v) is 18.7. The van der Waals surface area contributed by atoms with Crippen LogP contribution in [0.4, 0.5) is 9.59 Å². The molecule has 0 aromatic carbocycles. The number of amides is 2. The third-order valence-corrected chi connectivity index (χ3v) is 9.87. The van der Waals surface area contributed by atoms with Gasteiger partial charge in [0.15, 0.2) is 0 Å². The maximum absolute atomic E-state index is 12.7. The fourth-order valence-corrected chi connectivity index (χ4v) is 6.84. The van der Waals surface area contributed by atoms with Gasteiger partial charge in [-0.3, -0.25) is 18.0 Å². The third kappa shape index (κ3) is 23.9. The van der Waals surface area contributed by atoms with E-state index in [-0.39, 0.29) is 26.1 Å². The Morgan fingerprint density at radius 3 is 1.12 bits per heavy atom. The van der Waals surface area contributed by atoms with Crippen molar-refractivity contribution in [2.24, 2.45) is 22.7 Å². The van der Waals surface area contributed by atoms with E-state index in [4.69, 9.17) is 36.8 Å². The van der Waals surface area contributed by atoms with Gasteiger partial charge < -0.3 is 39.1 Å². The summed E-state index contributed by atoms with van der Waals surface area (Å²) in [4.78, 5) is 73.8. The molecule has 0 aromatic heterocycles. The van der Waals surface area contributed by atoms with Crippen LogP contribution in [0.5, 0.6) is 0 Å². The van der Waals surface area contributed by atoms with Gasteiger partial charge in [-0.05, 0) is 43.9 Å². The molecule has 0 bridgehead atoms. The fourth-order valence-electron chi connectivity index (χ4n) is 4.43. The Hall–Kier alpha value is -3.76. The smallest absolute Gasteiger partial charge is 0.410 e. The number of carbonyl (C=O) groups is 6. The lowest BCUT2D eigenvalue weighted by Crippen LogP contribution is -2.46. The molecule has 0 aromatic rings. The number of nitrogens with one attached hydrogen (secondary N) is 2. The number of esters is 4. The Balaban J connectivity index is 5.28. The molecule has 0 heterocycles. The Morgan fingerprint density at radius 2 is 0.842 bits per heavy atom. The predicted octanol–water partition coefficient (Wildman–Crippen LogP) is 3.31. The van der Waals surface area contributed by atoms with Crippen LogP contribution in [0.3, 0.4) is 0 Å². The lowest BCUT2D eigenvalue weighted by atomic mass is 9.86. The molecule has 0 saturated heterocycles. The maximum Gasteiger partial charge on any atom is 0.410 e. The first-order valence-corrected chi connectivity index (χ1v) is 21.6. The largest absolute Gasteiger partial charge is 0.464 e. The molecule has 0 radical (unpaired) electrons. The number of ether oxygens (including phenoxy) is 6. The third-order valence-electron chi connectivity index (χ3n) is 7.34. The lowest BCUT2D eigenvalue weighted by Gasteiger charge is -2.29. The van der Waals surface area contributed by atoms with E-state index < -0.39 is 135 Å². The predicted molar refractivity (Wildman–Crippen MR) is 202 cm³/mol. The minimum Gasteiger partial charge on any atom is -0.464 e. The van der Waals surface area contributed by atoms with E-state index in [1.54, 1.807) is 69.2 Å². The van der Waals surface area contributed by atoms with Crippen LogP contribution in [0.15, 0.2) is 0 Å². The van der Waals surface area contributed by atoms with Crippen molar-refractivity contribution < 1.29 is 82.4 Å². The molecule has 0 fully saturated rings. The van der Waals surface area contributed by atoms with Crippen molar-refractivity contribution in [3.63, 3.8) is 0 Å². The minimum atomic E-state index is -4.29. The van der Waals surface area contributed by atoms with Crippen molar-refractivity contribution >= 4 is 56.3 Å². The number of alkyl carbamates (subject to hydrolysis) is 2. The molecular formula is C35H62N2O18S2. The van der Waals surface area contributed by atoms with E-state index in [9.17, 15) is 45.6 Å². The summed E-state index contributed by atoms with van der Waals surface area (Å²) in [6, 6.07) is -2.61. The molecule has 332 valence electrons. The zero-order valence-corrected chi connectivity index (χ0v) is 36.6. The minimum absolute atomic E-state index is 0.0230. The van der Waals surface area contributed by atoms with Gasteiger partial charge in [-0.1, -0.05) is 55.4 Å². The van der Waals surface area contributed by atoms with E-state index >= 15 is 0 Å². The molecule has 0 aliphatic rings. The normalized spacial score (nSPS) is 14.4. The van der Waals surface area contributed by atoms with Gasteiger partial charge >= 0.3 is 36.1 Å². The number of hydrogen-bond donors (Lipinski definition) is 2. The average Bonchev–Trinajstić information content (AvgIpc) is 3.05. The Bertz CT molecular complexity index is 1450. The summed E-state index contributed by atoms with van der Waals surface area (Å²) in [5.74, 6) is -5.28. The van der Waals surface area contributed by atoms with E-state index in [1.807, 2.05) is 0 Å². The molecule has 22 heteroatoms. The van der Waals surface area contributed by atoms with Crippen LogP contribution in [0.25, 0.3) is 0 Å². The quantitative estimate of drug-likeness (QED) is 0.0546. The summed E-state index contributed by atoms with van der Waals surface area (Å²) in [6.45, 7) is 17.3. The molecule has 4 atom stereocenters. The van der Waals surface area contributed by atoms with Crippen LogP contribution in [0.1, 0.15) is 102 Å². The first-order valence-electron chi connectivity index (χ1n) is 18.5. The second-order valence-electron chi connectivity index (χ2n) is 15.2. The van der Waals surface area contributed by atoms with Gasteiger partial charge in [-0.15, -0.1) is 0 Å². The summed E-state index contributed by atoms with van der Waals surface area (Å²) >= 11 is 0. The molecule has 57 heavy (non-hydrogen) atoms. The van der Waals surface area contributed by atoms with Crippen molar-refractivity contribution in [3.8, 4) is 0 Å². The molecule has 0 rings (SSSR count). The van der Waals surface area contributed by atoms with Crippen molar-refractivity contribution in [1.29, 1.82) is 0 Å². The molecule has 0 aliphatic carbocycles. The standard InChI is InChI=1S/C35H62N2O18S2/c1-13-48-30(40)26(36-32(42)54-24(7)52-28(38)22(3)4)18-34(9,10)20-50-56(44,45)16-15-17-57(46,47)51-21-35(11,12)19-27(31(41)49-14-2)37-33(43)55-25(8)53-29(39)23(5)6/h22-27H,13-21H2,1-12H3,(H,36,42)(H,37,43)/t24?,25?,26-,27-/m1/s1. The van der Waals surface area contributed by atoms with Crippen LogP contribution in [0, 0.1) is 22.7 Å².